The standard InChI is InChI=1S/C31H38N2O.C30H36N2O2/c1-23(2)33-20-18-25(19-21-33)24-10-12-27(13-11-24)31(28-14-16-29(32)17-15-28)30(9-6-22-34)26-7-4-3-5-8-26;1-23(2)31-17-19-32(20-18-31)27-15-13-25(14-16-27)30(26-10-6-11-28(34)22-26)29(12-7-21-33)24-8-4-3-5-9-24/h3-5,7-8,10-17,23,25,34H,6,9,18-22,32H2,1-2H3;3-6,8-11,13-16,22-23,33-34H,7,12,17-21H2,1-2H3/b31-30+;30-29+. The van der Waals surface area contributed by atoms with Crippen molar-refractivity contribution in [2.24, 2.45) is 0 Å². The molecule has 0 unspecified atom stereocenters. The maximum Gasteiger partial charge on any atom is 0.116 e. The van der Waals surface area contributed by atoms with Crippen LogP contribution in [0, 0.1) is 0 Å². The van der Waals surface area contributed by atoms with Crippen molar-refractivity contribution in [3.8, 4) is 5.75 Å². The average molecular weight is 911 g/mol. The number of phenols is 1. The highest BCUT2D eigenvalue weighted by Gasteiger charge is 2.24. The first kappa shape index (κ1) is 49.9. The lowest BCUT2D eigenvalue weighted by Gasteiger charge is -2.38. The predicted molar refractivity (Wildman–Crippen MR) is 287 cm³/mol. The molecule has 7 nitrogen and oxygen atoms in total. The zero-order valence-corrected chi connectivity index (χ0v) is 40.9. The minimum Gasteiger partial charge on any atom is -0.508 e. The smallest absolute Gasteiger partial charge is 0.116 e. The number of nitrogens with zero attached hydrogens (tertiary/aromatic N) is 3. The van der Waals surface area contributed by atoms with Crippen LogP contribution in [0.4, 0.5) is 11.4 Å². The second kappa shape index (κ2) is 24.9. The number of aliphatic hydroxyl groups excluding tert-OH is 2. The Balaban J connectivity index is 0.000000201. The average Bonchev–Trinajstić information content (AvgIpc) is 3.38. The second-order valence-corrected chi connectivity index (χ2v) is 19.0. The fourth-order valence-electron chi connectivity index (χ4n) is 9.97. The first-order valence-electron chi connectivity index (χ1n) is 25.0. The van der Waals surface area contributed by atoms with Gasteiger partial charge in [-0.1, -0.05) is 121 Å². The summed E-state index contributed by atoms with van der Waals surface area (Å²) in [4.78, 5) is 7.57. The van der Waals surface area contributed by atoms with Gasteiger partial charge in [0.2, 0.25) is 0 Å². The molecule has 7 heteroatoms. The molecule has 0 aromatic heterocycles. The summed E-state index contributed by atoms with van der Waals surface area (Å²) >= 11 is 0. The van der Waals surface area contributed by atoms with Gasteiger partial charge in [0, 0.05) is 62.9 Å². The molecule has 0 spiro atoms. The third-order valence-electron chi connectivity index (χ3n) is 13.8. The number of piperazine rings is 1. The summed E-state index contributed by atoms with van der Waals surface area (Å²) in [5.41, 5.74) is 21.1. The molecule has 0 aliphatic carbocycles. The minimum absolute atomic E-state index is 0.144. The number of nitrogens with two attached hydrogens (primary N) is 1. The summed E-state index contributed by atoms with van der Waals surface area (Å²) in [5.74, 6) is 0.889. The number of allylic oxidation sites excluding steroid dienone is 2. The summed E-state index contributed by atoms with van der Waals surface area (Å²) in [6.07, 6.45) is 5.44. The van der Waals surface area contributed by atoms with Gasteiger partial charge in [-0.25, -0.2) is 0 Å². The Bertz CT molecular complexity index is 2500. The van der Waals surface area contributed by atoms with Crippen molar-refractivity contribution >= 4 is 33.7 Å². The van der Waals surface area contributed by atoms with E-state index < -0.39 is 0 Å². The van der Waals surface area contributed by atoms with Crippen molar-refractivity contribution in [3.63, 3.8) is 0 Å². The lowest BCUT2D eigenvalue weighted by atomic mass is 9.85. The Labute approximate surface area is 406 Å². The van der Waals surface area contributed by atoms with Crippen molar-refractivity contribution in [1.29, 1.82) is 0 Å². The van der Waals surface area contributed by atoms with E-state index in [9.17, 15) is 15.3 Å². The van der Waals surface area contributed by atoms with E-state index in [0.29, 0.717) is 24.4 Å². The molecule has 6 aromatic carbocycles. The fourth-order valence-corrected chi connectivity index (χ4v) is 9.97. The SMILES string of the molecule is CC(C)N1CCC(c2ccc(/C(=C(/CCCO)c3ccccc3)c3ccc(N)cc3)cc2)CC1.CC(C)N1CCN(c2ccc(/C(=C(/CCCO)c3ccccc3)c3cccc(O)c3)cc2)CC1. The molecule has 5 N–H and O–H groups in total. The van der Waals surface area contributed by atoms with Crippen molar-refractivity contribution in [1.82, 2.24) is 9.80 Å². The van der Waals surface area contributed by atoms with E-state index in [4.69, 9.17) is 5.73 Å². The molecule has 6 aromatic rings. The van der Waals surface area contributed by atoms with Gasteiger partial charge in [0.05, 0.1) is 0 Å². The van der Waals surface area contributed by atoms with Crippen molar-refractivity contribution in [3.05, 3.63) is 197 Å². The molecule has 0 bridgehead atoms. The topological polar surface area (TPSA) is 96.4 Å². The number of anilines is 2. The monoisotopic (exact) mass is 911 g/mol. The highest BCUT2D eigenvalue weighted by Crippen LogP contribution is 2.39. The van der Waals surface area contributed by atoms with E-state index in [1.807, 2.05) is 42.5 Å². The lowest BCUT2D eigenvalue weighted by molar-refractivity contribution is 0.172. The number of hydrogen-bond acceptors (Lipinski definition) is 7. The Morgan fingerprint density at radius 2 is 0.941 bits per heavy atom. The number of phenolic OH excluding ortho intramolecular Hbond substituents is 1. The van der Waals surface area contributed by atoms with Crippen LogP contribution in [-0.2, 0) is 0 Å². The molecular weight excluding hydrogens is 837 g/mol. The van der Waals surface area contributed by atoms with Crippen LogP contribution in [0.3, 0.4) is 0 Å². The van der Waals surface area contributed by atoms with E-state index in [-0.39, 0.29) is 19.0 Å². The van der Waals surface area contributed by atoms with Gasteiger partial charge in [-0.15, -0.1) is 0 Å². The molecule has 2 aliphatic rings. The van der Waals surface area contributed by atoms with Crippen LogP contribution in [-0.4, -0.2) is 89.7 Å². The van der Waals surface area contributed by atoms with Crippen LogP contribution in [0.2, 0.25) is 0 Å². The van der Waals surface area contributed by atoms with Crippen molar-refractivity contribution in [2.45, 2.75) is 84.2 Å². The number of aromatic hydroxyl groups is 1. The van der Waals surface area contributed by atoms with Crippen molar-refractivity contribution < 1.29 is 15.3 Å². The molecule has 2 fully saturated rings. The fraction of sp³-hybridized carbons (Fsp3) is 0.344. The van der Waals surface area contributed by atoms with Crippen LogP contribution >= 0.6 is 0 Å². The molecule has 2 saturated heterocycles. The normalized spacial score (nSPS) is 15.7. The number of aliphatic hydroxyl groups is 2. The van der Waals surface area contributed by atoms with Gasteiger partial charge in [-0.2, -0.15) is 0 Å². The predicted octanol–water partition coefficient (Wildman–Crippen LogP) is 12.2. The van der Waals surface area contributed by atoms with Crippen LogP contribution in [0.5, 0.6) is 5.75 Å². The van der Waals surface area contributed by atoms with Gasteiger partial charge in [-0.3, -0.25) is 4.90 Å². The third-order valence-corrected chi connectivity index (χ3v) is 13.8. The van der Waals surface area contributed by atoms with Gasteiger partial charge in [0.1, 0.15) is 5.75 Å². The van der Waals surface area contributed by atoms with Gasteiger partial charge in [0.25, 0.3) is 0 Å². The molecule has 0 atom stereocenters. The van der Waals surface area contributed by atoms with Gasteiger partial charge >= 0.3 is 0 Å². The van der Waals surface area contributed by atoms with Crippen LogP contribution in [0.15, 0.2) is 158 Å². The van der Waals surface area contributed by atoms with E-state index in [2.05, 4.69) is 152 Å². The number of nitrogen functional groups attached to an aromatic ring is 1. The maximum absolute atomic E-state index is 10.2. The summed E-state index contributed by atoms with van der Waals surface area (Å²) in [7, 11) is 0. The molecule has 356 valence electrons. The molecule has 2 heterocycles. The van der Waals surface area contributed by atoms with Crippen LogP contribution in [0.25, 0.3) is 22.3 Å². The first-order chi connectivity index (χ1) is 33.1. The summed E-state index contributed by atoms with van der Waals surface area (Å²) in [6, 6.07) is 55.9. The van der Waals surface area contributed by atoms with E-state index in [1.54, 1.807) is 6.07 Å². The van der Waals surface area contributed by atoms with Gasteiger partial charge < -0.3 is 30.9 Å². The maximum atomic E-state index is 10.2. The van der Waals surface area contributed by atoms with E-state index in [1.165, 1.54) is 65.0 Å². The molecule has 2 aliphatic heterocycles. The summed E-state index contributed by atoms with van der Waals surface area (Å²) in [6.45, 7) is 16.1. The van der Waals surface area contributed by atoms with Crippen LogP contribution < -0.4 is 10.6 Å². The number of benzene rings is 6. The zero-order chi connectivity index (χ0) is 47.8. The summed E-state index contributed by atoms with van der Waals surface area (Å²) < 4.78 is 0. The van der Waals surface area contributed by atoms with E-state index in [0.717, 1.165) is 79.0 Å². The highest BCUT2D eigenvalue weighted by atomic mass is 16.3. The third kappa shape index (κ3) is 13.2. The Kier molecular flexibility index (Phi) is 18.3. The molecule has 68 heavy (non-hydrogen) atoms. The number of piperidine rings is 1. The van der Waals surface area contributed by atoms with Gasteiger partial charge in [0.15, 0.2) is 0 Å². The molecule has 0 amide bonds. The zero-order valence-electron chi connectivity index (χ0n) is 40.9. The Morgan fingerprint density at radius 1 is 0.500 bits per heavy atom. The van der Waals surface area contributed by atoms with E-state index >= 15 is 0 Å². The molecule has 8 rings (SSSR count). The Morgan fingerprint density at radius 3 is 1.41 bits per heavy atom. The van der Waals surface area contributed by atoms with Gasteiger partial charge in [-0.05, 0) is 183 Å². The lowest BCUT2D eigenvalue weighted by Crippen LogP contribution is -2.48. The minimum atomic E-state index is 0.144. The highest BCUT2D eigenvalue weighted by molar-refractivity contribution is 6.00. The number of hydrogen-bond donors (Lipinski definition) is 4. The number of rotatable bonds is 16. The molecular formula is C61H74N4O3. The molecule has 0 radical (unpaired) electrons. The van der Waals surface area contributed by atoms with Crippen molar-refractivity contribution in [2.75, 3.05) is 63.1 Å². The Hall–Kier alpha value is -5.96. The number of likely N-dealkylation sites (tertiary alicyclic amines) is 1. The van der Waals surface area contributed by atoms with Crippen LogP contribution in [0.1, 0.15) is 111 Å². The first-order valence-corrected chi connectivity index (χ1v) is 25.0. The summed E-state index contributed by atoms with van der Waals surface area (Å²) in [5, 5.41) is 29.4. The largest absolute Gasteiger partial charge is 0.508 e. The quantitative estimate of drug-likeness (QED) is 0.0567. The molecule has 0 saturated carbocycles. The second-order valence-electron chi connectivity index (χ2n) is 19.0.